The van der Waals surface area contributed by atoms with Gasteiger partial charge in [0.05, 0.1) is 11.5 Å². The standard InChI is InChI=1S/C11H18N4O/c1-9-14-10(15-16-9)4-6-13-7-5-11(2,3)8-12/h13H,4-7H2,1-3H3. The monoisotopic (exact) mass is 222 g/mol. The minimum Gasteiger partial charge on any atom is -0.340 e. The zero-order valence-electron chi connectivity index (χ0n) is 10.1. The molecule has 0 amide bonds. The smallest absolute Gasteiger partial charge is 0.223 e. The summed E-state index contributed by atoms with van der Waals surface area (Å²) in [6.07, 6.45) is 1.60. The fraction of sp³-hybridized carbons (Fsp3) is 0.727. The van der Waals surface area contributed by atoms with Gasteiger partial charge in [0.25, 0.3) is 0 Å². The summed E-state index contributed by atoms with van der Waals surface area (Å²) >= 11 is 0. The van der Waals surface area contributed by atoms with E-state index < -0.39 is 0 Å². The Labute approximate surface area is 95.8 Å². The first-order valence-electron chi connectivity index (χ1n) is 5.45. The van der Waals surface area contributed by atoms with Gasteiger partial charge in [-0.2, -0.15) is 10.2 Å². The van der Waals surface area contributed by atoms with Crippen LogP contribution in [-0.2, 0) is 6.42 Å². The SMILES string of the molecule is Cc1nc(CCNCCC(C)(C)C#N)no1. The van der Waals surface area contributed by atoms with E-state index in [-0.39, 0.29) is 5.41 Å². The van der Waals surface area contributed by atoms with E-state index in [0.717, 1.165) is 31.8 Å². The molecule has 1 aromatic heterocycles. The maximum absolute atomic E-state index is 8.82. The molecule has 0 aliphatic carbocycles. The topological polar surface area (TPSA) is 74.7 Å². The van der Waals surface area contributed by atoms with E-state index in [1.165, 1.54) is 0 Å². The van der Waals surface area contributed by atoms with E-state index in [0.29, 0.717) is 5.89 Å². The quantitative estimate of drug-likeness (QED) is 0.737. The van der Waals surface area contributed by atoms with Crippen molar-refractivity contribution in [1.82, 2.24) is 15.5 Å². The maximum atomic E-state index is 8.82. The van der Waals surface area contributed by atoms with Crippen LogP contribution in [-0.4, -0.2) is 23.2 Å². The zero-order valence-corrected chi connectivity index (χ0v) is 10.1. The lowest BCUT2D eigenvalue weighted by Crippen LogP contribution is -2.23. The number of aryl methyl sites for hydroxylation is 1. The predicted molar refractivity (Wildman–Crippen MR) is 59.6 cm³/mol. The van der Waals surface area contributed by atoms with Gasteiger partial charge in [-0.25, -0.2) is 0 Å². The lowest BCUT2D eigenvalue weighted by Gasteiger charge is -2.14. The summed E-state index contributed by atoms with van der Waals surface area (Å²) in [5.41, 5.74) is -0.254. The van der Waals surface area contributed by atoms with E-state index in [1.54, 1.807) is 6.92 Å². The molecule has 1 N–H and O–H groups in total. The Hall–Kier alpha value is -1.41. The number of hydrogen-bond acceptors (Lipinski definition) is 5. The molecule has 1 heterocycles. The lowest BCUT2D eigenvalue weighted by atomic mass is 9.91. The summed E-state index contributed by atoms with van der Waals surface area (Å²) in [5.74, 6) is 1.32. The van der Waals surface area contributed by atoms with E-state index >= 15 is 0 Å². The molecule has 0 saturated carbocycles. The van der Waals surface area contributed by atoms with Gasteiger partial charge in [0.2, 0.25) is 5.89 Å². The maximum Gasteiger partial charge on any atom is 0.223 e. The molecule has 0 saturated heterocycles. The van der Waals surface area contributed by atoms with Gasteiger partial charge in [0.15, 0.2) is 5.82 Å². The Bertz CT molecular complexity index is 364. The first kappa shape index (κ1) is 12.7. The molecule has 16 heavy (non-hydrogen) atoms. The van der Waals surface area contributed by atoms with Crippen molar-refractivity contribution >= 4 is 0 Å². The molecule has 1 aromatic rings. The zero-order chi connectivity index (χ0) is 12.0. The van der Waals surface area contributed by atoms with Crippen molar-refractivity contribution in [3.8, 4) is 6.07 Å². The van der Waals surface area contributed by atoms with Gasteiger partial charge < -0.3 is 9.84 Å². The molecule has 1 rings (SSSR count). The van der Waals surface area contributed by atoms with Crippen molar-refractivity contribution < 1.29 is 4.52 Å². The Morgan fingerprint density at radius 1 is 1.44 bits per heavy atom. The van der Waals surface area contributed by atoms with Crippen LogP contribution >= 0.6 is 0 Å². The lowest BCUT2D eigenvalue weighted by molar-refractivity contribution is 0.386. The fourth-order valence-electron chi connectivity index (χ4n) is 1.22. The normalized spacial score (nSPS) is 11.4. The Morgan fingerprint density at radius 3 is 2.75 bits per heavy atom. The molecule has 88 valence electrons. The third-order valence-corrected chi connectivity index (χ3v) is 2.32. The van der Waals surface area contributed by atoms with Crippen molar-refractivity contribution in [2.75, 3.05) is 13.1 Å². The number of nitrogens with zero attached hydrogens (tertiary/aromatic N) is 3. The first-order valence-corrected chi connectivity index (χ1v) is 5.45. The van der Waals surface area contributed by atoms with Crippen LogP contribution in [0.3, 0.4) is 0 Å². The van der Waals surface area contributed by atoms with Crippen LogP contribution in [0, 0.1) is 23.7 Å². The van der Waals surface area contributed by atoms with Crippen molar-refractivity contribution in [1.29, 1.82) is 5.26 Å². The van der Waals surface area contributed by atoms with Crippen LogP contribution in [0.25, 0.3) is 0 Å². The Kier molecular flexibility index (Phi) is 4.44. The fourth-order valence-corrected chi connectivity index (χ4v) is 1.22. The van der Waals surface area contributed by atoms with Crippen LogP contribution in [0.2, 0.25) is 0 Å². The molecule has 0 bridgehead atoms. The minimum atomic E-state index is -0.254. The average Bonchev–Trinajstić information content (AvgIpc) is 2.64. The van der Waals surface area contributed by atoms with Crippen molar-refractivity contribution in [3.63, 3.8) is 0 Å². The van der Waals surface area contributed by atoms with Gasteiger partial charge in [0, 0.05) is 19.9 Å². The number of rotatable bonds is 6. The van der Waals surface area contributed by atoms with E-state index in [4.69, 9.17) is 9.78 Å². The number of nitrogens with one attached hydrogen (secondary N) is 1. The molecular formula is C11H18N4O. The highest BCUT2D eigenvalue weighted by atomic mass is 16.5. The van der Waals surface area contributed by atoms with Gasteiger partial charge in [-0.1, -0.05) is 5.16 Å². The Morgan fingerprint density at radius 2 is 2.19 bits per heavy atom. The average molecular weight is 222 g/mol. The van der Waals surface area contributed by atoms with Crippen molar-refractivity contribution in [3.05, 3.63) is 11.7 Å². The molecule has 0 aliphatic rings. The third-order valence-electron chi connectivity index (χ3n) is 2.32. The van der Waals surface area contributed by atoms with Crippen LogP contribution in [0.1, 0.15) is 32.0 Å². The van der Waals surface area contributed by atoms with Crippen LogP contribution in [0.5, 0.6) is 0 Å². The van der Waals surface area contributed by atoms with E-state index in [9.17, 15) is 0 Å². The second-order valence-corrected chi connectivity index (χ2v) is 4.48. The highest BCUT2D eigenvalue weighted by Crippen LogP contribution is 2.16. The van der Waals surface area contributed by atoms with Gasteiger partial charge in [-0.05, 0) is 26.8 Å². The van der Waals surface area contributed by atoms with Crippen molar-refractivity contribution in [2.45, 2.75) is 33.6 Å². The third kappa shape index (κ3) is 4.41. The van der Waals surface area contributed by atoms with Gasteiger partial charge >= 0.3 is 0 Å². The first-order chi connectivity index (χ1) is 7.53. The summed E-state index contributed by atoms with van der Waals surface area (Å²) in [5, 5.41) is 15.9. The number of aromatic nitrogens is 2. The molecule has 0 radical (unpaired) electrons. The van der Waals surface area contributed by atoms with Crippen molar-refractivity contribution in [2.24, 2.45) is 5.41 Å². The summed E-state index contributed by atoms with van der Waals surface area (Å²) in [6.45, 7) is 7.30. The van der Waals surface area contributed by atoms with Crippen LogP contribution < -0.4 is 5.32 Å². The van der Waals surface area contributed by atoms with Crippen LogP contribution in [0.4, 0.5) is 0 Å². The van der Waals surface area contributed by atoms with Gasteiger partial charge in [0.1, 0.15) is 0 Å². The summed E-state index contributed by atoms with van der Waals surface area (Å²) < 4.78 is 4.86. The van der Waals surface area contributed by atoms with Gasteiger partial charge in [-0.15, -0.1) is 0 Å². The molecule has 5 nitrogen and oxygen atoms in total. The number of nitriles is 1. The largest absolute Gasteiger partial charge is 0.340 e. The molecule has 0 fully saturated rings. The molecule has 0 aromatic carbocycles. The molecule has 5 heteroatoms. The van der Waals surface area contributed by atoms with E-state index in [1.807, 2.05) is 13.8 Å². The molecule has 0 spiro atoms. The molecule has 0 unspecified atom stereocenters. The van der Waals surface area contributed by atoms with E-state index in [2.05, 4.69) is 21.5 Å². The summed E-state index contributed by atoms with van der Waals surface area (Å²) in [7, 11) is 0. The molecular weight excluding hydrogens is 204 g/mol. The second kappa shape index (κ2) is 5.61. The predicted octanol–water partition coefficient (Wildman–Crippen LogP) is 1.45. The van der Waals surface area contributed by atoms with Crippen LogP contribution in [0.15, 0.2) is 4.52 Å². The highest BCUT2D eigenvalue weighted by molar-refractivity contribution is 4.92. The molecule has 0 aliphatic heterocycles. The summed E-state index contributed by atoms with van der Waals surface area (Å²) in [6, 6.07) is 2.27. The summed E-state index contributed by atoms with van der Waals surface area (Å²) in [4.78, 5) is 4.10. The Balaban J connectivity index is 2.11. The molecule has 0 atom stereocenters. The highest BCUT2D eigenvalue weighted by Gasteiger charge is 2.15. The minimum absolute atomic E-state index is 0.254. The van der Waals surface area contributed by atoms with Gasteiger partial charge in [-0.3, -0.25) is 0 Å². The number of hydrogen-bond donors (Lipinski definition) is 1. The second-order valence-electron chi connectivity index (χ2n) is 4.48.